The van der Waals surface area contributed by atoms with E-state index in [1.54, 1.807) is 31.2 Å². The molecule has 1 amide bonds. The lowest BCUT2D eigenvalue weighted by molar-refractivity contribution is -0.147. The van der Waals surface area contributed by atoms with E-state index in [1.165, 1.54) is 14.2 Å². The molecule has 0 spiro atoms. The van der Waals surface area contributed by atoms with Crippen LogP contribution in [0, 0.1) is 24.6 Å². The number of halogens is 1. The lowest BCUT2D eigenvalue weighted by Crippen LogP contribution is -2.36. The number of carboxylic acid groups (broad SMARTS) is 1. The smallest absolute Gasteiger partial charge is 0.307 e. The number of hydrogen-bond donors (Lipinski definition) is 2. The van der Waals surface area contributed by atoms with Gasteiger partial charge in [0.25, 0.3) is 0 Å². The van der Waals surface area contributed by atoms with Gasteiger partial charge < -0.3 is 24.6 Å². The Morgan fingerprint density at radius 2 is 1.74 bits per heavy atom. The number of ether oxygens (including phenoxy) is 3. The van der Waals surface area contributed by atoms with Gasteiger partial charge in [-0.1, -0.05) is 18.9 Å². The topological polar surface area (TPSA) is 94.1 Å². The second kappa shape index (κ2) is 10.6. The summed E-state index contributed by atoms with van der Waals surface area (Å²) in [5.74, 6) is -2.37. The van der Waals surface area contributed by atoms with Crippen molar-refractivity contribution in [2.45, 2.75) is 58.2 Å². The minimum Gasteiger partial charge on any atom is -0.496 e. The Hall–Kier alpha value is -3.13. The van der Waals surface area contributed by atoms with Crippen LogP contribution in [0.3, 0.4) is 0 Å². The van der Waals surface area contributed by atoms with E-state index < -0.39 is 23.6 Å². The van der Waals surface area contributed by atoms with Crippen LogP contribution in [0.1, 0.15) is 49.7 Å². The monoisotopic (exact) mass is 485 g/mol. The van der Waals surface area contributed by atoms with Crippen LogP contribution >= 0.6 is 0 Å². The predicted molar refractivity (Wildman–Crippen MR) is 129 cm³/mol. The van der Waals surface area contributed by atoms with Crippen LogP contribution in [0.2, 0.25) is 0 Å². The molecule has 4 rings (SSSR count). The molecule has 2 aliphatic carbocycles. The number of carboxylic acids is 1. The Bertz CT molecular complexity index is 1110. The summed E-state index contributed by atoms with van der Waals surface area (Å²) in [4.78, 5) is 24.6. The van der Waals surface area contributed by atoms with E-state index in [4.69, 9.17) is 14.2 Å². The first-order valence-electron chi connectivity index (χ1n) is 12.0. The molecule has 2 aromatic rings. The van der Waals surface area contributed by atoms with Crippen molar-refractivity contribution in [3.8, 4) is 22.6 Å². The molecule has 2 atom stereocenters. The summed E-state index contributed by atoms with van der Waals surface area (Å²) in [7, 11) is 2.94. The number of benzene rings is 2. The third-order valence-electron chi connectivity index (χ3n) is 6.93. The summed E-state index contributed by atoms with van der Waals surface area (Å²) in [5.41, 5.74) is 2.72. The maximum Gasteiger partial charge on any atom is 0.307 e. The Kier molecular flexibility index (Phi) is 7.60. The number of methoxy groups -OCH3 is 2. The molecule has 0 bridgehead atoms. The molecule has 0 unspecified atom stereocenters. The van der Waals surface area contributed by atoms with Crippen LogP contribution in [-0.4, -0.2) is 37.3 Å². The molecule has 0 aromatic heterocycles. The first-order chi connectivity index (χ1) is 16.8. The summed E-state index contributed by atoms with van der Waals surface area (Å²) in [5, 5.41) is 12.4. The number of rotatable bonds is 9. The van der Waals surface area contributed by atoms with Gasteiger partial charge in [-0.05, 0) is 61.9 Å². The number of hydrogen-bond acceptors (Lipinski definition) is 5. The fraction of sp³-hybridized carbons (Fsp3) is 0.481. The molecule has 0 aliphatic heterocycles. The molecular weight excluding hydrogens is 453 g/mol. The Morgan fingerprint density at radius 3 is 2.37 bits per heavy atom. The maximum atomic E-state index is 15.5. The first kappa shape index (κ1) is 25.0. The summed E-state index contributed by atoms with van der Waals surface area (Å²) < 4.78 is 32.1. The van der Waals surface area contributed by atoms with Crippen LogP contribution in [0.15, 0.2) is 24.3 Å². The number of nitrogens with one attached hydrogen (secondary N) is 1. The zero-order valence-corrected chi connectivity index (χ0v) is 20.4. The van der Waals surface area contributed by atoms with E-state index in [1.807, 2.05) is 0 Å². The van der Waals surface area contributed by atoms with Crippen molar-refractivity contribution in [2.75, 3.05) is 19.5 Å². The fourth-order valence-corrected chi connectivity index (χ4v) is 4.82. The second-order valence-electron chi connectivity index (χ2n) is 9.31. The fourth-order valence-electron chi connectivity index (χ4n) is 4.82. The zero-order valence-electron chi connectivity index (χ0n) is 20.4. The van der Waals surface area contributed by atoms with Gasteiger partial charge in [0.2, 0.25) is 5.91 Å². The first-order valence-corrected chi connectivity index (χ1v) is 12.0. The molecule has 2 aliphatic rings. The van der Waals surface area contributed by atoms with E-state index in [-0.39, 0.29) is 24.4 Å². The minimum absolute atomic E-state index is 0.114. The number of anilines is 1. The standard InChI is InChI=1S/C27H32FNO6/c1-15-23(33-2)13-22(24(28)25(15)34-3)19-11-8-17(12-16(19)14-35-18-9-10-18)29-26(30)20-6-4-5-7-21(20)27(31)32/h8,11-13,18,20-21H,4-7,9-10,14H2,1-3H3,(H,29,30)(H,31,32)/t20-,21-/m1/s1. The Morgan fingerprint density at radius 1 is 1.03 bits per heavy atom. The molecule has 0 saturated heterocycles. The van der Waals surface area contributed by atoms with Crippen LogP contribution in [-0.2, 0) is 20.9 Å². The Labute approximate surface area is 204 Å². The predicted octanol–water partition coefficient (Wildman–Crippen LogP) is 5.33. The highest BCUT2D eigenvalue weighted by molar-refractivity contribution is 5.95. The number of carbonyl (C=O) groups excluding carboxylic acids is 1. The van der Waals surface area contributed by atoms with Crippen molar-refractivity contribution >= 4 is 17.6 Å². The number of amides is 1. The summed E-state index contributed by atoms with van der Waals surface area (Å²) >= 11 is 0. The van der Waals surface area contributed by atoms with E-state index in [2.05, 4.69) is 5.32 Å². The summed E-state index contributed by atoms with van der Waals surface area (Å²) in [6.45, 7) is 1.98. The second-order valence-corrected chi connectivity index (χ2v) is 9.31. The highest BCUT2D eigenvalue weighted by Gasteiger charge is 2.35. The molecule has 2 fully saturated rings. The quantitative estimate of drug-likeness (QED) is 0.499. The highest BCUT2D eigenvalue weighted by Crippen LogP contribution is 2.40. The van der Waals surface area contributed by atoms with Gasteiger partial charge in [0.1, 0.15) is 5.75 Å². The average molecular weight is 486 g/mol. The van der Waals surface area contributed by atoms with Crippen LogP contribution < -0.4 is 14.8 Å². The molecule has 0 radical (unpaired) electrons. The SMILES string of the molecule is COc1cc(-c2ccc(NC(=O)[C@@H]3CCCC[C@H]3C(=O)O)cc2COC2CC2)c(F)c(OC)c1C. The number of aliphatic carboxylic acids is 1. The van der Waals surface area contributed by atoms with Crippen molar-refractivity contribution in [2.24, 2.45) is 11.8 Å². The van der Waals surface area contributed by atoms with Gasteiger partial charge in [-0.25, -0.2) is 4.39 Å². The van der Waals surface area contributed by atoms with Crippen LogP contribution in [0.25, 0.3) is 11.1 Å². The van der Waals surface area contributed by atoms with Gasteiger partial charge in [-0.3, -0.25) is 9.59 Å². The van der Waals surface area contributed by atoms with Gasteiger partial charge in [0.05, 0.1) is 38.8 Å². The largest absolute Gasteiger partial charge is 0.496 e. The third kappa shape index (κ3) is 5.42. The maximum absolute atomic E-state index is 15.5. The van der Waals surface area contributed by atoms with E-state index in [0.717, 1.165) is 25.7 Å². The molecule has 8 heteroatoms. The van der Waals surface area contributed by atoms with Crippen molar-refractivity contribution in [1.29, 1.82) is 0 Å². The molecule has 188 valence electrons. The summed E-state index contributed by atoms with van der Waals surface area (Å²) in [6.07, 6.45) is 4.86. The van der Waals surface area contributed by atoms with Gasteiger partial charge >= 0.3 is 5.97 Å². The van der Waals surface area contributed by atoms with E-state index in [9.17, 15) is 14.7 Å². The van der Waals surface area contributed by atoms with Crippen molar-refractivity contribution < 1.29 is 33.3 Å². The van der Waals surface area contributed by atoms with Crippen molar-refractivity contribution in [3.63, 3.8) is 0 Å². The molecule has 0 heterocycles. The van der Waals surface area contributed by atoms with Gasteiger partial charge in [-0.2, -0.15) is 0 Å². The lowest BCUT2D eigenvalue weighted by atomic mass is 9.78. The molecule has 35 heavy (non-hydrogen) atoms. The lowest BCUT2D eigenvalue weighted by Gasteiger charge is -2.27. The average Bonchev–Trinajstić information content (AvgIpc) is 3.68. The van der Waals surface area contributed by atoms with Crippen LogP contribution in [0.5, 0.6) is 11.5 Å². The number of carbonyl (C=O) groups is 2. The molecule has 2 aromatic carbocycles. The van der Waals surface area contributed by atoms with Gasteiger partial charge in [0, 0.05) is 16.8 Å². The highest BCUT2D eigenvalue weighted by atomic mass is 19.1. The molecule has 7 nitrogen and oxygen atoms in total. The normalized spacial score (nSPS) is 19.8. The van der Waals surface area contributed by atoms with E-state index in [0.29, 0.717) is 46.5 Å². The minimum atomic E-state index is -0.934. The van der Waals surface area contributed by atoms with E-state index >= 15 is 4.39 Å². The van der Waals surface area contributed by atoms with Crippen LogP contribution in [0.4, 0.5) is 10.1 Å². The van der Waals surface area contributed by atoms with Gasteiger partial charge in [-0.15, -0.1) is 0 Å². The molecule has 2 N–H and O–H groups in total. The molecule has 2 saturated carbocycles. The van der Waals surface area contributed by atoms with Gasteiger partial charge in [0.15, 0.2) is 11.6 Å². The molecular formula is C27H32FNO6. The van der Waals surface area contributed by atoms with Crippen molar-refractivity contribution in [1.82, 2.24) is 0 Å². The zero-order chi connectivity index (χ0) is 25.1. The Balaban J connectivity index is 1.67. The summed E-state index contributed by atoms with van der Waals surface area (Å²) in [6, 6.07) is 6.85. The third-order valence-corrected chi connectivity index (χ3v) is 6.93. The van der Waals surface area contributed by atoms with Crippen molar-refractivity contribution in [3.05, 3.63) is 41.2 Å².